The lowest BCUT2D eigenvalue weighted by Crippen LogP contribution is -2.54. The molecule has 4 N–H and O–H groups in total. The predicted molar refractivity (Wildman–Crippen MR) is 88.3 cm³/mol. The molecule has 0 bridgehead atoms. The number of rotatable bonds is 4. The number of phenols is 2. The van der Waals surface area contributed by atoms with Gasteiger partial charge in [0.15, 0.2) is 0 Å². The number of aromatic hydroxyl groups is 2. The minimum Gasteiger partial charge on any atom is -0.508 e. The highest BCUT2D eigenvalue weighted by molar-refractivity contribution is 5.49. The van der Waals surface area contributed by atoms with E-state index in [0.29, 0.717) is 12.1 Å². The zero-order chi connectivity index (χ0) is 27.4. The monoisotopic (exact) mass is 534 g/mol. The van der Waals surface area contributed by atoms with Crippen LogP contribution in [0.3, 0.4) is 0 Å². The van der Waals surface area contributed by atoms with E-state index in [-0.39, 0.29) is 24.3 Å². The van der Waals surface area contributed by atoms with E-state index < -0.39 is 70.0 Å². The molecule has 0 saturated carbocycles. The third-order valence-corrected chi connectivity index (χ3v) is 4.59. The van der Waals surface area contributed by atoms with Gasteiger partial charge in [-0.2, -0.15) is 52.7 Å². The summed E-state index contributed by atoms with van der Waals surface area (Å²) in [6, 6.07) is 0.800. The summed E-state index contributed by atoms with van der Waals surface area (Å²) in [6.07, 6.45) is -25.8. The van der Waals surface area contributed by atoms with Crippen LogP contribution < -0.4 is 4.74 Å². The first-order chi connectivity index (χ1) is 15.5. The molecule has 2 aromatic rings. The highest BCUT2D eigenvalue weighted by Crippen LogP contribution is 2.54. The van der Waals surface area contributed by atoms with E-state index in [0.717, 1.165) is 0 Å². The molecule has 0 aliphatic carbocycles. The van der Waals surface area contributed by atoms with Gasteiger partial charge in [-0.3, -0.25) is 0 Å². The van der Waals surface area contributed by atoms with Crippen LogP contribution in [-0.2, 0) is 11.2 Å². The van der Waals surface area contributed by atoms with Gasteiger partial charge in [-0.15, -0.1) is 0 Å². The van der Waals surface area contributed by atoms with Gasteiger partial charge in [-0.1, -0.05) is 0 Å². The lowest BCUT2D eigenvalue weighted by molar-refractivity contribution is -0.377. The molecule has 5 nitrogen and oxygen atoms in total. The Kier molecular flexibility index (Phi) is 6.64. The fourth-order valence-corrected chi connectivity index (χ4v) is 2.81. The van der Waals surface area contributed by atoms with Crippen LogP contribution in [0.1, 0.15) is 11.1 Å². The van der Waals surface area contributed by atoms with Crippen LogP contribution in [0.5, 0.6) is 23.0 Å². The minimum absolute atomic E-state index is 0.163. The number of halogens is 12. The maximum absolute atomic E-state index is 13.1. The van der Waals surface area contributed by atoms with Gasteiger partial charge in [0.05, 0.1) is 0 Å². The lowest BCUT2D eigenvalue weighted by Gasteiger charge is -2.33. The van der Waals surface area contributed by atoms with Crippen molar-refractivity contribution in [1.82, 2.24) is 0 Å². The van der Waals surface area contributed by atoms with Crippen LogP contribution in [0.15, 0.2) is 36.4 Å². The molecule has 2 rings (SSSR count). The fraction of sp³-hybridized carbons (Fsp3) is 0.333. The molecule has 17 heteroatoms. The molecule has 0 aromatic heterocycles. The van der Waals surface area contributed by atoms with Crippen molar-refractivity contribution >= 4 is 0 Å². The van der Waals surface area contributed by atoms with Crippen molar-refractivity contribution in [2.24, 2.45) is 0 Å². The van der Waals surface area contributed by atoms with Gasteiger partial charge < -0.3 is 25.2 Å². The molecule has 0 fully saturated rings. The quantitative estimate of drug-likeness (QED) is 0.389. The number of aliphatic hydroxyl groups is 2. The molecular weight excluding hydrogens is 524 g/mol. The van der Waals surface area contributed by atoms with Gasteiger partial charge in [0, 0.05) is 11.1 Å². The lowest BCUT2D eigenvalue weighted by atomic mass is 9.91. The number of alkyl halides is 12. The summed E-state index contributed by atoms with van der Waals surface area (Å²) in [5, 5.41) is 37.8. The maximum Gasteiger partial charge on any atom is 0.430 e. The molecule has 0 unspecified atom stereocenters. The van der Waals surface area contributed by atoms with E-state index in [1.165, 1.54) is 0 Å². The molecule has 0 radical (unpaired) electrons. The second-order valence-corrected chi connectivity index (χ2v) is 6.87. The number of ether oxygens (including phenoxy) is 1. The highest BCUT2D eigenvalue weighted by atomic mass is 19.4. The van der Waals surface area contributed by atoms with E-state index in [4.69, 9.17) is 4.74 Å². The fourth-order valence-electron chi connectivity index (χ4n) is 2.81. The third kappa shape index (κ3) is 4.61. The number of benzene rings is 2. The molecule has 0 spiro atoms. The highest BCUT2D eigenvalue weighted by Gasteiger charge is 2.73. The molecule has 0 atom stereocenters. The topological polar surface area (TPSA) is 90.2 Å². The predicted octanol–water partition coefficient (Wildman–Crippen LogP) is 5.51. The van der Waals surface area contributed by atoms with Crippen LogP contribution in [-0.4, -0.2) is 45.1 Å². The van der Waals surface area contributed by atoms with Crippen molar-refractivity contribution in [3.8, 4) is 23.0 Å². The number of hydrogen-bond donors (Lipinski definition) is 4. The summed E-state index contributed by atoms with van der Waals surface area (Å²) < 4.78 is 162. The van der Waals surface area contributed by atoms with Crippen LogP contribution in [0.2, 0.25) is 0 Å². The maximum atomic E-state index is 13.1. The Morgan fingerprint density at radius 1 is 0.486 bits per heavy atom. The van der Waals surface area contributed by atoms with Crippen LogP contribution in [0.4, 0.5) is 52.7 Å². The average molecular weight is 534 g/mol. The third-order valence-electron chi connectivity index (χ3n) is 4.59. The average Bonchev–Trinajstić information content (AvgIpc) is 2.66. The van der Waals surface area contributed by atoms with Gasteiger partial charge in [-0.05, 0) is 36.4 Å². The summed E-state index contributed by atoms with van der Waals surface area (Å²) in [5.74, 6) is -5.76. The van der Waals surface area contributed by atoms with E-state index in [9.17, 15) is 73.1 Å². The van der Waals surface area contributed by atoms with Crippen LogP contribution in [0, 0.1) is 0 Å². The summed E-state index contributed by atoms with van der Waals surface area (Å²) in [5.41, 5.74) is -15.8. The van der Waals surface area contributed by atoms with Gasteiger partial charge >= 0.3 is 24.7 Å². The largest absolute Gasteiger partial charge is 0.508 e. The van der Waals surface area contributed by atoms with Gasteiger partial charge in [0.1, 0.15) is 23.0 Å². The molecule has 196 valence electrons. The standard InChI is InChI=1S/C18H10F12O5/c19-15(20,21)13(33,16(22,23)24)9-5-7(1-3-11(9)31)35-8-2-4-12(32)10(6-8)14(34,17(25,26)27)18(28,29)30/h1-6,31-34H. The minimum atomic E-state index is -6.46. The van der Waals surface area contributed by atoms with Crippen LogP contribution >= 0.6 is 0 Å². The van der Waals surface area contributed by atoms with Crippen LogP contribution in [0.25, 0.3) is 0 Å². The van der Waals surface area contributed by atoms with Crippen molar-refractivity contribution < 1.29 is 77.8 Å². The molecule has 2 aromatic carbocycles. The Labute approximate surface area is 185 Å². The molecule has 0 heterocycles. The van der Waals surface area contributed by atoms with Crippen molar-refractivity contribution in [1.29, 1.82) is 0 Å². The van der Waals surface area contributed by atoms with Gasteiger partial charge in [0.2, 0.25) is 0 Å². The Balaban J connectivity index is 2.66. The first-order valence-corrected chi connectivity index (χ1v) is 8.55. The Bertz CT molecular complexity index is 972. The second-order valence-electron chi connectivity index (χ2n) is 6.87. The second kappa shape index (κ2) is 8.25. The van der Waals surface area contributed by atoms with E-state index in [2.05, 4.69) is 0 Å². The van der Waals surface area contributed by atoms with Crippen molar-refractivity contribution in [3.05, 3.63) is 47.5 Å². The van der Waals surface area contributed by atoms with E-state index in [1.54, 1.807) is 0 Å². The Morgan fingerprint density at radius 3 is 0.971 bits per heavy atom. The summed E-state index contributed by atoms with van der Waals surface area (Å²) >= 11 is 0. The summed E-state index contributed by atoms with van der Waals surface area (Å²) in [6.45, 7) is 0. The SMILES string of the molecule is Oc1ccc(Oc2ccc(O)c(C(O)(C(F)(F)F)C(F)(F)F)c2)cc1C(O)(C(F)(F)F)C(F)(F)F. The molecule has 0 aliphatic heterocycles. The first-order valence-electron chi connectivity index (χ1n) is 8.55. The van der Waals surface area contributed by atoms with Gasteiger partial charge in [-0.25, -0.2) is 0 Å². The summed E-state index contributed by atoms with van der Waals surface area (Å²) in [7, 11) is 0. The van der Waals surface area contributed by atoms with E-state index >= 15 is 0 Å². The Morgan fingerprint density at radius 2 is 0.743 bits per heavy atom. The summed E-state index contributed by atoms with van der Waals surface area (Å²) in [4.78, 5) is 0. The molecule has 0 saturated heterocycles. The van der Waals surface area contributed by atoms with Crippen molar-refractivity contribution in [2.45, 2.75) is 35.9 Å². The zero-order valence-electron chi connectivity index (χ0n) is 16.2. The molecule has 0 aliphatic rings. The molecule has 0 amide bonds. The molecule has 35 heavy (non-hydrogen) atoms. The first kappa shape index (κ1) is 28.2. The zero-order valence-corrected chi connectivity index (χ0v) is 16.2. The number of hydrogen-bond acceptors (Lipinski definition) is 5. The van der Waals surface area contributed by atoms with Crippen molar-refractivity contribution in [2.75, 3.05) is 0 Å². The van der Waals surface area contributed by atoms with E-state index in [1.807, 2.05) is 0 Å². The van der Waals surface area contributed by atoms with Gasteiger partial charge in [0.25, 0.3) is 11.2 Å². The smallest absolute Gasteiger partial charge is 0.430 e. The van der Waals surface area contributed by atoms with Crippen molar-refractivity contribution in [3.63, 3.8) is 0 Å². The Hall–Kier alpha value is -3.08. The number of phenolic OH excluding ortho intramolecular Hbond substituents is 2. The normalized spacial score (nSPS) is 14.2. The molecular formula is C18H10F12O5.